The molecule has 18 heavy (non-hydrogen) atoms. The van der Waals surface area contributed by atoms with E-state index in [1.165, 1.54) is 18.3 Å². The zero-order valence-corrected chi connectivity index (χ0v) is 10.6. The van der Waals surface area contributed by atoms with Gasteiger partial charge in [-0.2, -0.15) is 0 Å². The first kappa shape index (κ1) is 14.1. The Kier molecular flexibility index (Phi) is 4.38. The fourth-order valence-corrected chi connectivity index (χ4v) is 1.10. The summed E-state index contributed by atoms with van der Waals surface area (Å²) in [5, 5.41) is 11.3. The van der Waals surface area contributed by atoms with E-state index in [0.717, 1.165) is 0 Å². The highest BCUT2D eigenvalue weighted by Gasteiger charge is 2.13. The molecule has 0 saturated carbocycles. The van der Waals surface area contributed by atoms with Gasteiger partial charge in [0.25, 0.3) is 0 Å². The van der Waals surface area contributed by atoms with Crippen molar-refractivity contribution in [1.29, 1.82) is 0 Å². The number of pyridine rings is 1. The average molecular weight is 252 g/mol. The van der Waals surface area contributed by atoms with E-state index in [1.807, 2.05) is 20.8 Å². The predicted molar refractivity (Wildman–Crippen MR) is 65.5 cm³/mol. The van der Waals surface area contributed by atoms with Crippen LogP contribution in [0.1, 0.15) is 31.3 Å². The Hall–Kier alpha value is -1.95. The smallest absolute Gasteiger partial charge is 0.354 e. The highest BCUT2D eigenvalue weighted by atomic mass is 16.5. The Balaban J connectivity index is 2.59. The first-order valence-corrected chi connectivity index (χ1v) is 5.41. The first-order chi connectivity index (χ1) is 8.28. The van der Waals surface area contributed by atoms with E-state index in [4.69, 9.17) is 9.84 Å². The molecule has 0 aliphatic rings. The quantitative estimate of drug-likeness (QED) is 0.848. The number of hydrogen-bond donors (Lipinski definition) is 2. The minimum Gasteiger partial charge on any atom is -0.477 e. The van der Waals surface area contributed by atoms with Crippen molar-refractivity contribution >= 4 is 17.6 Å². The van der Waals surface area contributed by atoms with Gasteiger partial charge in [-0.1, -0.05) is 0 Å². The fraction of sp³-hybridized carbons (Fsp3) is 0.417. The number of carboxylic acid groups (broad SMARTS) is 1. The number of ether oxygens (including phenoxy) is 1. The fourth-order valence-electron chi connectivity index (χ4n) is 1.10. The molecule has 1 heterocycles. The Bertz CT molecular complexity index is 452. The van der Waals surface area contributed by atoms with E-state index in [0.29, 0.717) is 5.69 Å². The molecule has 0 radical (unpaired) electrons. The molecule has 1 aromatic heterocycles. The van der Waals surface area contributed by atoms with Crippen molar-refractivity contribution in [3.63, 3.8) is 0 Å². The standard InChI is InChI=1S/C12H16N2O4/c1-12(2,3)18-7-10(15)14-8-4-5-13-9(6-8)11(16)17/h4-6H,7H2,1-3H3,(H,16,17)(H,13,14,15). The van der Waals surface area contributed by atoms with Crippen molar-refractivity contribution in [1.82, 2.24) is 4.98 Å². The number of aromatic nitrogens is 1. The second-order valence-electron chi connectivity index (χ2n) is 4.68. The van der Waals surface area contributed by atoms with Gasteiger partial charge in [-0.25, -0.2) is 9.78 Å². The molecule has 6 nitrogen and oxygen atoms in total. The number of hydrogen-bond acceptors (Lipinski definition) is 4. The van der Waals surface area contributed by atoms with Gasteiger partial charge in [0.05, 0.1) is 5.60 Å². The summed E-state index contributed by atoms with van der Waals surface area (Å²) in [5.74, 6) is -1.48. The van der Waals surface area contributed by atoms with Crippen molar-refractivity contribution in [2.75, 3.05) is 11.9 Å². The van der Waals surface area contributed by atoms with Crippen LogP contribution in [-0.2, 0) is 9.53 Å². The van der Waals surface area contributed by atoms with Crippen LogP contribution in [0.25, 0.3) is 0 Å². The summed E-state index contributed by atoms with van der Waals surface area (Å²) in [6.07, 6.45) is 1.32. The average Bonchev–Trinajstić information content (AvgIpc) is 2.26. The Labute approximate surface area is 105 Å². The molecule has 0 aromatic carbocycles. The number of amides is 1. The summed E-state index contributed by atoms with van der Waals surface area (Å²) in [6, 6.07) is 2.80. The number of carboxylic acids is 1. The van der Waals surface area contributed by atoms with Crippen molar-refractivity contribution < 1.29 is 19.4 Å². The number of nitrogens with zero attached hydrogens (tertiary/aromatic N) is 1. The number of carbonyl (C=O) groups excluding carboxylic acids is 1. The highest BCUT2D eigenvalue weighted by molar-refractivity contribution is 5.93. The summed E-state index contributed by atoms with van der Waals surface area (Å²) in [5.41, 5.74) is -0.142. The molecule has 0 bridgehead atoms. The van der Waals surface area contributed by atoms with E-state index in [-0.39, 0.29) is 18.2 Å². The maximum Gasteiger partial charge on any atom is 0.354 e. The first-order valence-electron chi connectivity index (χ1n) is 5.41. The van der Waals surface area contributed by atoms with Crippen LogP contribution in [0.3, 0.4) is 0 Å². The van der Waals surface area contributed by atoms with Crippen molar-refractivity contribution in [2.24, 2.45) is 0 Å². The molecule has 98 valence electrons. The second kappa shape index (κ2) is 5.59. The molecule has 1 rings (SSSR count). The Morgan fingerprint density at radius 2 is 2.11 bits per heavy atom. The Morgan fingerprint density at radius 1 is 1.44 bits per heavy atom. The van der Waals surface area contributed by atoms with Crippen LogP contribution in [-0.4, -0.2) is 34.2 Å². The Morgan fingerprint density at radius 3 is 2.67 bits per heavy atom. The number of carbonyl (C=O) groups is 2. The molecular formula is C12H16N2O4. The molecule has 0 atom stereocenters. The van der Waals surface area contributed by atoms with E-state index in [1.54, 1.807) is 0 Å². The molecule has 0 saturated heterocycles. The van der Waals surface area contributed by atoms with Crippen LogP contribution in [0, 0.1) is 0 Å². The summed E-state index contributed by atoms with van der Waals surface area (Å²) in [4.78, 5) is 25.9. The van der Waals surface area contributed by atoms with Crippen molar-refractivity contribution in [3.05, 3.63) is 24.0 Å². The summed E-state index contributed by atoms with van der Waals surface area (Å²) >= 11 is 0. The normalized spacial score (nSPS) is 11.1. The van der Waals surface area contributed by atoms with Gasteiger partial charge in [-0.15, -0.1) is 0 Å². The van der Waals surface area contributed by atoms with E-state index < -0.39 is 11.6 Å². The van der Waals surface area contributed by atoms with Gasteiger partial charge >= 0.3 is 5.97 Å². The number of anilines is 1. The molecule has 2 N–H and O–H groups in total. The van der Waals surface area contributed by atoms with Gasteiger partial charge < -0.3 is 15.2 Å². The largest absolute Gasteiger partial charge is 0.477 e. The van der Waals surface area contributed by atoms with Crippen LogP contribution >= 0.6 is 0 Å². The van der Waals surface area contributed by atoms with Gasteiger partial charge in [-0.05, 0) is 32.9 Å². The van der Waals surface area contributed by atoms with Crippen LogP contribution in [0.2, 0.25) is 0 Å². The maximum atomic E-state index is 11.5. The lowest BCUT2D eigenvalue weighted by molar-refractivity contribution is -0.125. The second-order valence-corrected chi connectivity index (χ2v) is 4.68. The lowest BCUT2D eigenvalue weighted by Crippen LogP contribution is -2.27. The van der Waals surface area contributed by atoms with Gasteiger partial charge in [0.1, 0.15) is 12.3 Å². The minimum atomic E-state index is -1.14. The van der Waals surface area contributed by atoms with Crippen LogP contribution in [0.15, 0.2) is 18.3 Å². The van der Waals surface area contributed by atoms with Crippen molar-refractivity contribution in [2.45, 2.75) is 26.4 Å². The monoisotopic (exact) mass is 252 g/mol. The summed E-state index contributed by atoms with van der Waals surface area (Å²) in [6.45, 7) is 5.44. The highest BCUT2D eigenvalue weighted by Crippen LogP contribution is 2.09. The van der Waals surface area contributed by atoms with Crippen LogP contribution < -0.4 is 5.32 Å². The third kappa shape index (κ3) is 4.92. The zero-order valence-electron chi connectivity index (χ0n) is 10.6. The molecule has 1 amide bonds. The van der Waals surface area contributed by atoms with E-state index in [2.05, 4.69) is 10.3 Å². The van der Waals surface area contributed by atoms with Gasteiger partial charge in [0.2, 0.25) is 5.91 Å². The number of aromatic carboxylic acids is 1. The summed E-state index contributed by atoms with van der Waals surface area (Å²) in [7, 11) is 0. The molecule has 0 aliphatic heterocycles. The lowest BCUT2D eigenvalue weighted by Gasteiger charge is -2.18. The van der Waals surface area contributed by atoms with Gasteiger partial charge in [0, 0.05) is 11.9 Å². The third-order valence-electron chi connectivity index (χ3n) is 1.90. The predicted octanol–water partition coefficient (Wildman–Crippen LogP) is 1.53. The van der Waals surface area contributed by atoms with Crippen molar-refractivity contribution in [3.8, 4) is 0 Å². The number of nitrogens with one attached hydrogen (secondary N) is 1. The molecule has 0 spiro atoms. The molecule has 0 aliphatic carbocycles. The zero-order chi connectivity index (χ0) is 13.8. The molecule has 0 unspecified atom stereocenters. The van der Waals surface area contributed by atoms with Gasteiger partial charge in [0.15, 0.2) is 0 Å². The summed E-state index contributed by atoms with van der Waals surface area (Å²) < 4.78 is 5.30. The van der Waals surface area contributed by atoms with Gasteiger partial charge in [-0.3, -0.25) is 4.79 Å². The SMILES string of the molecule is CC(C)(C)OCC(=O)Nc1ccnc(C(=O)O)c1. The lowest BCUT2D eigenvalue weighted by atomic mass is 10.2. The maximum absolute atomic E-state index is 11.5. The van der Waals surface area contributed by atoms with Crippen LogP contribution in [0.5, 0.6) is 0 Å². The molecule has 1 aromatic rings. The third-order valence-corrected chi connectivity index (χ3v) is 1.90. The van der Waals surface area contributed by atoms with E-state index >= 15 is 0 Å². The number of rotatable bonds is 4. The molecule has 6 heteroatoms. The van der Waals surface area contributed by atoms with E-state index in [9.17, 15) is 9.59 Å². The minimum absolute atomic E-state index is 0.0891. The van der Waals surface area contributed by atoms with Crippen LogP contribution in [0.4, 0.5) is 5.69 Å². The molecule has 0 fully saturated rings. The molecular weight excluding hydrogens is 236 g/mol. The topological polar surface area (TPSA) is 88.5 Å².